The second kappa shape index (κ2) is 7.17. The van der Waals surface area contributed by atoms with Crippen LogP contribution in [0.25, 0.3) is 11.3 Å². The third-order valence-corrected chi connectivity index (χ3v) is 3.78. The molecule has 7 heteroatoms. The third-order valence-electron chi connectivity index (χ3n) is 3.78. The summed E-state index contributed by atoms with van der Waals surface area (Å²) in [5, 5.41) is 10.1. The highest BCUT2D eigenvalue weighted by atomic mass is 35.5. The monoisotopic (exact) mass is 328 g/mol. The molecule has 0 spiro atoms. The summed E-state index contributed by atoms with van der Waals surface area (Å²) >= 11 is 0. The first-order valence-electron chi connectivity index (χ1n) is 7.07. The molecule has 0 saturated carbocycles. The molecule has 0 aliphatic carbocycles. The lowest BCUT2D eigenvalue weighted by molar-refractivity contribution is 0.200. The Morgan fingerprint density at radius 2 is 2.05 bits per heavy atom. The van der Waals surface area contributed by atoms with Crippen LogP contribution in [0.15, 0.2) is 24.4 Å². The normalized spacial score (nSPS) is 19.0. The minimum absolute atomic E-state index is 0. The predicted octanol–water partition coefficient (Wildman–Crippen LogP) is 2.57. The van der Waals surface area contributed by atoms with Gasteiger partial charge in [0.1, 0.15) is 11.6 Å². The minimum Gasteiger partial charge on any atom is -0.312 e. The number of rotatable bonds is 3. The molecule has 2 N–H and O–H groups in total. The minimum atomic E-state index is -0.575. The van der Waals surface area contributed by atoms with E-state index < -0.39 is 11.6 Å². The SMILES string of the molecule is C[C@H]1CN(Cc2cn[nH]c2-c2c(F)cccc2F)CCN1.Cl. The molecule has 4 nitrogen and oxygen atoms in total. The Bertz CT molecular complexity index is 612. The molecule has 1 fully saturated rings. The standard InChI is InChI=1S/C15H18F2N4.ClH/c1-10-8-21(6-5-18-10)9-11-7-19-20-15(11)14-12(16)3-2-4-13(14)17;/h2-4,7,10,18H,5-6,8-9H2,1H3,(H,19,20);1H/t10-;/m0./s1. The summed E-state index contributed by atoms with van der Waals surface area (Å²) in [4.78, 5) is 2.26. The summed E-state index contributed by atoms with van der Waals surface area (Å²) in [5.41, 5.74) is 1.21. The smallest absolute Gasteiger partial charge is 0.135 e. The lowest BCUT2D eigenvalue weighted by atomic mass is 10.1. The fourth-order valence-corrected chi connectivity index (χ4v) is 2.78. The van der Waals surface area contributed by atoms with Gasteiger partial charge in [-0.15, -0.1) is 12.4 Å². The molecule has 2 heterocycles. The zero-order valence-electron chi connectivity index (χ0n) is 12.3. The van der Waals surface area contributed by atoms with Crippen LogP contribution >= 0.6 is 12.4 Å². The fraction of sp³-hybridized carbons (Fsp3) is 0.400. The highest BCUT2D eigenvalue weighted by molar-refractivity contribution is 5.85. The maximum absolute atomic E-state index is 13.9. The summed E-state index contributed by atoms with van der Waals surface area (Å²) in [7, 11) is 0. The van der Waals surface area contributed by atoms with Crippen LogP contribution < -0.4 is 5.32 Å². The molecule has 1 aliphatic rings. The first-order chi connectivity index (χ1) is 10.1. The Morgan fingerprint density at radius 1 is 1.32 bits per heavy atom. The molecule has 0 radical (unpaired) electrons. The number of halogens is 3. The third kappa shape index (κ3) is 3.45. The molecule has 1 aromatic carbocycles. The van der Waals surface area contributed by atoms with E-state index in [2.05, 4.69) is 27.3 Å². The van der Waals surface area contributed by atoms with Crippen molar-refractivity contribution in [1.82, 2.24) is 20.4 Å². The molecule has 22 heavy (non-hydrogen) atoms. The Kier molecular flexibility index (Phi) is 5.50. The van der Waals surface area contributed by atoms with Crippen LogP contribution in [-0.4, -0.2) is 40.8 Å². The lowest BCUT2D eigenvalue weighted by Gasteiger charge is -2.31. The van der Waals surface area contributed by atoms with Gasteiger partial charge < -0.3 is 5.32 Å². The van der Waals surface area contributed by atoms with Crippen LogP contribution in [0, 0.1) is 11.6 Å². The molecular weight excluding hydrogens is 310 g/mol. The molecule has 0 bridgehead atoms. The predicted molar refractivity (Wildman–Crippen MR) is 83.9 cm³/mol. The maximum atomic E-state index is 13.9. The summed E-state index contributed by atoms with van der Waals surface area (Å²) in [6.45, 7) is 5.49. The van der Waals surface area contributed by atoms with Gasteiger partial charge in [0.05, 0.1) is 17.5 Å². The summed E-state index contributed by atoms with van der Waals surface area (Å²) in [6, 6.07) is 4.30. The quantitative estimate of drug-likeness (QED) is 0.910. The number of aromatic nitrogens is 2. The number of aromatic amines is 1. The van der Waals surface area contributed by atoms with Gasteiger partial charge in [-0.3, -0.25) is 10.00 Å². The zero-order chi connectivity index (χ0) is 14.8. The van der Waals surface area contributed by atoms with Crippen LogP contribution in [-0.2, 0) is 6.54 Å². The Hall–Kier alpha value is -1.50. The summed E-state index contributed by atoms with van der Waals surface area (Å²) in [6.07, 6.45) is 1.65. The molecule has 0 amide bonds. The number of hydrogen-bond acceptors (Lipinski definition) is 3. The van der Waals surface area contributed by atoms with Crippen LogP contribution in [0.4, 0.5) is 8.78 Å². The Morgan fingerprint density at radius 3 is 2.73 bits per heavy atom. The molecule has 3 rings (SSSR count). The molecule has 1 aliphatic heterocycles. The van der Waals surface area contributed by atoms with E-state index in [9.17, 15) is 8.78 Å². The van der Waals surface area contributed by atoms with Gasteiger partial charge >= 0.3 is 0 Å². The molecule has 1 atom stereocenters. The van der Waals surface area contributed by atoms with Crippen molar-refractivity contribution in [1.29, 1.82) is 0 Å². The van der Waals surface area contributed by atoms with E-state index >= 15 is 0 Å². The van der Waals surface area contributed by atoms with Gasteiger partial charge in [0.2, 0.25) is 0 Å². The van der Waals surface area contributed by atoms with E-state index in [-0.39, 0.29) is 18.0 Å². The van der Waals surface area contributed by atoms with E-state index in [1.165, 1.54) is 18.2 Å². The number of nitrogens with one attached hydrogen (secondary N) is 2. The van der Waals surface area contributed by atoms with Crippen molar-refractivity contribution >= 4 is 12.4 Å². The van der Waals surface area contributed by atoms with Gasteiger partial charge in [-0.2, -0.15) is 5.10 Å². The van der Waals surface area contributed by atoms with Gasteiger partial charge in [0, 0.05) is 37.8 Å². The first kappa shape index (κ1) is 16.9. The van der Waals surface area contributed by atoms with E-state index in [0.717, 1.165) is 25.2 Å². The van der Waals surface area contributed by atoms with E-state index in [1.54, 1.807) is 6.20 Å². The van der Waals surface area contributed by atoms with Crippen molar-refractivity contribution in [3.63, 3.8) is 0 Å². The first-order valence-corrected chi connectivity index (χ1v) is 7.07. The molecule has 1 saturated heterocycles. The highest BCUT2D eigenvalue weighted by Gasteiger charge is 2.20. The Labute approximate surface area is 134 Å². The van der Waals surface area contributed by atoms with Crippen molar-refractivity contribution in [2.75, 3.05) is 19.6 Å². The van der Waals surface area contributed by atoms with Crippen molar-refractivity contribution < 1.29 is 8.78 Å². The largest absolute Gasteiger partial charge is 0.312 e. The van der Waals surface area contributed by atoms with Gasteiger partial charge in [0.15, 0.2) is 0 Å². The Balaban J connectivity index is 0.00000176. The van der Waals surface area contributed by atoms with E-state index in [0.29, 0.717) is 18.3 Å². The van der Waals surface area contributed by atoms with Crippen molar-refractivity contribution in [2.45, 2.75) is 19.5 Å². The summed E-state index contributed by atoms with van der Waals surface area (Å²) in [5.74, 6) is -1.15. The average molecular weight is 329 g/mol. The van der Waals surface area contributed by atoms with Gasteiger partial charge in [-0.05, 0) is 19.1 Å². The van der Waals surface area contributed by atoms with Crippen molar-refractivity contribution in [3.8, 4) is 11.3 Å². The van der Waals surface area contributed by atoms with Crippen molar-refractivity contribution in [3.05, 3.63) is 41.6 Å². The average Bonchev–Trinajstić information content (AvgIpc) is 2.87. The van der Waals surface area contributed by atoms with Crippen LogP contribution in [0.1, 0.15) is 12.5 Å². The number of nitrogens with zero attached hydrogens (tertiary/aromatic N) is 2. The molecule has 2 aromatic rings. The fourth-order valence-electron chi connectivity index (χ4n) is 2.78. The maximum Gasteiger partial charge on any atom is 0.135 e. The van der Waals surface area contributed by atoms with Crippen LogP contribution in [0.3, 0.4) is 0 Å². The number of piperazine rings is 1. The van der Waals surface area contributed by atoms with Crippen molar-refractivity contribution in [2.24, 2.45) is 0 Å². The topological polar surface area (TPSA) is 44.0 Å². The molecule has 120 valence electrons. The molecule has 0 unspecified atom stereocenters. The van der Waals surface area contributed by atoms with Crippen LogP contribution in [0.2, 0.25) is 0 Å². The van der Waals surface area contributed by atoms with Gasteiger partial charge in [-0.25, -0.2) is 8.78 Å². The molecular formula is C15H19ClF2N4. The van der Waals surface area contributed by atoms with E-state index in [4.69, 9.17) is 0 Å². The van der Waals surface area contributed by atoms with Gasteiger partial charge in [-0.1, -0.05) is 6.07 Å². The molecule has 1 aromatic heterocycles. The highest BCUT2D eigenvalue weighted by Crippen LogP contribution is 2.27. The van der Waals surface area contributed by atoms with Crippen LogP contribution in [0.5, 0.6) is 0 Å². The lowest BCUT2D eigenvalue weighted by Crippen LogP contribution is -2.48. The number of benzene rings is 1. The van der Waals surface area contributed by atoms with E-state index in [1.807, 2.05) is 0 Å². The second-order valence-corrected chi connectivity index (χ2v) is 5.46. The number of hydrogen-bond donors (Lipinski definition) is 2. The number of H-pyrrole nitrogens is 1. The second-order valence-electron chi connectivity index (χ2n) is 5.46. The summed E-state index contributed by atoms with van der Waals surface area (Å²) < 4.78 is 27.8. The zero-order valence-corrected chi connectivity index (χ0v) is 13.1. The van der Waals surface area contributed by atoms with Gasteiger partial charge in [0.25, 0.3) is 0 Å².